The van der Waals surface area contributed by atoms with Gasteiger partial charge >= 0.3 is 0 Å². The van der Waals surface area contributed by atoms with Crippen molar-refractivity contribution in [2.45, 2.75) is 32.2 Å². The summed E-state index contributed by atoms with van der Waals surface area (Å²) in [6.07, 6.45) is 1.03. The zero-order chi connectivity index (χ0) is 19.1. The van der Waals surface area contributed by atoms with Gasteiger partial charge in [0.25, 0.3) is 5.91 Å². The topological polar surface area (TPSA) is 36.8 Å². The Morgan fingerprint density at radius 3 is 2.22 bits per heavy atom. The Morgan fingerprint density at radius 2 is 1.63 bits per heavy atom. The number of quaternary nitrogens is 1. The van der Waals surface area contributed by atoms with Gasteiger partial charge in [-0.3, -0.25) is 4.79 Å². The highest BCUT2D eigenvalue weighted by atomic mass is 16.2. The third-order valence-electron chi connectivity index (χ3n) is 5.82. The second-order valence-electron chi connectivity index (χ2n) is 7.46. The fraction of sp³-hybridized carbons (Fsp3) is 0.435. The van der Waals surface area contributed by atoms with Crippen molar-refractivity contribution < 1.29 is 9.69 Å². The molecule has 4 nitrogen and oxygen atoms in total. The lowest BCUT2D eigenvalue weighted by atomic mass is 9.96. The fourth-order valence-corrected chi connectivity index (χ4v) is 3.91. The van der Waals surface area contributed by atoms with Crippen LogP contribution in [-0.4, -0.2) is 44.7 Å². The van der Waals surface area contributed by atoms with Gasteiger partial charge in [-0.15, -0.1) is 0 Å². The summed E-state index contributed by atoms with van der Waals surface area (Å²) in [6, 6.07) is 21.0. The number of hydrogen-bond acceptors (Lipinski definition) is 2. The first-order chi connectivity index (χ1) is 13.2. The molecule has 144 valence electrons. The van der Waals surface area contributed by atoms with Gasteiger partial charge in [0.2, 0.25) is 0 Å². The molecule has 0 spiro atoms. The van der Waals surface area contributed by atoms with E-state index in [-0.39, 0.29) is 11.9 Å². The van der Waals surface area contributed by atoms with Gasteiger partial charge in [-0.05, 0) is 31.0 Å². The van der Waals surface area contributed by atoms with Crippen molar-refractivity contribution >= 4 is 11.6 Å². The van der Waals surface area contributed by atoms with E-state index in [2.05, 4.69) is 78.7 Å². The predicted molar refractivity (Wildman–Crippen MR) is 111 cm³/mol. The SMILES string of the molecule is CC[C@H](CNC(=O)[C@@H](C)[NH+]1CCN(c2ccccc2)CC1)c1ccccc1. The van der Waals surface area contributed by atoms with Gasteiger partial charge < -0.3 is 15.1 Å². The highest BCUT2D eigenvalue weighted by Crippen LogP contribution is 2.18. The van der Waals surface area contributed by atoms with E-state index in [1.54, 1.807) is 0 Å². The Balaban J connectivity index is 1.48. The molecular formula is C23H32N3O+. The first-order valence-electron chi connectivity index (χ1n) is 10.2. The average Bonchev–Trinajstić information content (AvgIpc) is 2.75. The summed E-state index contributed by atoms with van der Waals surface area (Å²) in [5.74, 6) is 0.555. The molecule has 1 fully saturated rings. The van der Waals surface area contributed by atoms with E-state index in [1.165, 1.54) is 16.2 Å². The van der Waals surface area contributed by atoms with Gasteiger partial charge in [-0.2, -0.15) is 0 Å². The van der Waals surface area contributed by atoms with Crippen LogP contribution >= 0.6 is 0 Å². The minimum Gasteiger partial charge on any atom is -0.360 e. The van der Waals surface area contributed by atoms with E-state index >= 15 is 0 Å². The molecular weight excluding hydrogens is 334 g/mol. The largest absolute Gasteiger partial charge is 0.360 e. The van der Waals surface area contributed by atoms with Crippen molar-refractivity contribution in [3.63, 3.8) is 0 Å². The number of para-hydroxylation sites is 1. The van der Waals surface area contributed by atoms with E-state index in [4.69, 9.17) is 0 Å². The van der Waals surface area contributed by atoms with Gasteiger partial charge in [-0.25, -0.2) is 0 Å². The lowest BCUT2D eigenvalue weighted by molar-refractivity contribution is -0.914. The number of hydrogen-bond donors (Lipinski definition) is 2. The number of piperazine rings is 1. The maximum atomic E-state index is 12.7. The Morgan fingerprint density at radius 1 is 1.04 bits per heavy atom. The number of nitrogens with zero attached hydrogens (tertiary/aromatic N) is 1. The molecule has 0 radical (unpaired) electrons. The molecule has 1 aliphatic heterocycles. The van der Waals surface area contributed by atoms with Crippen molar-refractivity contribution in [3.05, 3.63) is 66.2 Å². The van der Waals surface area contributed by atoms with E-state index in [0.717, 1.165) is 32.6 Å². The van der Waals surface area contributed by atoms with Gasteiger partial charge in [0.05, 0.1) is 26.2 Å². The number of carbonyl (C=O) groups excluding carboxylic acids is 1. The third kappa shape index (κ3) is 5.10. The second kappa shape index (κ2) is 9.56. The highest BCUT2D eigenvalue weighted by molar-refractivity contribution is 5.80. The molecule has 0 saturated carbocycles. The first-order valence-corrected chi connectivity index (χ1v) is 10.2. The molecule has 1 saturated heterocycles. The molecule has 1 amide bonds. The van der Waals surface area contributed by atoms with Gasteiger partial charge in [-0.1, -0.05) is 55.5 Å². The molecule has 27 heavy (non-hydrogen) atoms. The monoisotopic (exact) mass is 366 g/mol. The summed E-state index contributed by atoms with van der Waals surface area (Å²) in [4.78, 5) is 16.5. The Hall–Kier alpha value is -2.33. The summed E-state index contributed by atoms with van der Waals surface area (Å²) >= 11 is 0. The van der Waals surface area contributed by atoms with Crippen LogP contribution in [0, 0.1) is 0 Å². The zero-order valence-corrected chi connectivity index (χ0v) is 16.5. The van der Waals surface area contributed by atoms with Crippen molar-refractivity contribution in [2.24, 2.45) is 0 Å². The van der Waals surface area contributed by atoms with E-state index in [1.807, 2.05) is 6.07 Å². The summed E-state index contributed by atoms with van der Waals surface area (Å²) < 4.78 is 0. The number of benzene rings is 2. The van der Waals surface area contributed by atoms with Crippen molar-refractivity contribution in [3.8, 4) is 0 Å². The van der Waals surface area contributed by atoms with Crippen LogP contribution in [0.2, 0.25) is 0 Å². The molecule has 1 heterocycles. The third-order valence-corrected chi connectivity index (χ3v) is 5.82. The molecule has 0 aliphatic carbocycles. The molecule has 3 rings (SSSR count). The quantitative estimate of drug-likeness (QED) is 0.787. The van der Waals surface area contributed by atoms with Crippen LogP contribution in [0.1, 0.15) is 31.7 Å². The maximum absolute atomic E-state index is 12.7. The zero-order valence-electron chi connectivity index (χ0n) is 16.5. The summed E-state index contributed by atoms with van der Waals surface area (Å²) in [6.45, 7) is 8.95. The standard InChI is InChI=1S/C23H31N3O/c1-3-20(21-10-6-4-7-11-21)18-24-23(27)19(2)25-14-16-26(17-15-25)22-12-8-5-9-13-22/h4-13,19-20H,3,14-18H2,1-2H3,(H,24,27)/p+1/t19-,20-/m1/s1. The fourth-order valence-electron chi connectivity index (χ4n) is 3.91. The Bertz CT molecular complexity index is 696. The highest BCUT2D eigenvalue weighted by Gasteiger charge is 2.29. The number of rotatable bonds is 7. The number of nitrogens with one attached hydrogen (secondary N) is 2. The average molecular weight is 367 g/mol. The molecule has 2 aromatic carbocycles. The van der Waals surface area contributed by atoms with Crippen LogP contribution < -0.4 is 15.1 Å². The lowest BCUT2D eigenvalue weighted by Crippen LogP contribution is -3.19. The minimum atomic E-state index is -0.00352. The van der Waals surface area contributed by atoms with Gasteiger partial charge in [0.15, 0.2) is 6.04 Å². The van der Waals surface area contributed by atoms with Crippen LogP contribution in [0.4, 0.5) is 5.69 Å². The van der Waals surface area contributed by atoms with Crippen LogP contribution in [0.15, 0.2) is 60.7 Å². The van der Waals surface area contributed by atoms with Crippen molar-refractivity contribution in [1.82, 2.24) is 5.32 Å². The summed E-state index contributed by atoms with van der Waals surface area (Å²) in [7, 11) is 0. The summed E-state index contributed by atoms with van der Waals surface area (Å²) in [5.41, 5.74) is 2.58. The number of carbonyl (C=O) groups is 1. The molecule has 0 unspecified atom stereocenters. The van der Waals surface area contributed by atoms with Crippen molar-refractivity contribution in [1.29, 1.82) is 0 Å². The molecule has 0 aromatic heterocycles. The second-order valence-corrected chi connectivity index (χ2v) is 7.46. The van der Waals surface area contributed by atoms with Crippen LogP contribution in [0.3, 0.4) is 0 Å². The molecule has 2 aromatic rings. The van der Waals surface area contributed by atoms with Crippen molar-refractivity contribution in [2.75, 3.05) is 37.6 Å². The van der Waals surface area contributed by atoms with E-state index < -0.39 is 0 Å². The molecule has 0 bridgehead atoms. The predicted octanol–water partition coefficient (Wildman–Crippen LogP) is 2.09. The van der Waals surface area contributed by atoms with E-state index in [9.17, 15) is 4.79 Å². The number of anilines is 1. The lowest BCUT2D eigenvalue weighted by Gasteiger charge is -2.36. The minimum absolute atomic E-state index is 0.00352. The van der Waals surface area contributed by atoms with Gasteiger partial charge in [0, 0.05) is 18.2 Å². The van der Waals surface area contributed by atoms with Gasteiger partial charge in [0.1, 0.15) is 0 Å². The smallest absolute Gasteiger partial charge is 0.278 e. The molecule has 1 aliphatic rings. The Labute approximate surface area is 163 Å². The molecule has 2 atom stereocenters. The first kappa shape index (κ1) is 19.4. The normalized spacial score (nSPS) is 17.3. The van der Waals surface area contributed by atoms with Crippen LogP contribution in [0.5, 0.6) is 0 Å². The summed E-state index contributed by atoms with van der Waals surface area (Å²) in [5, 5.41) is 3.20. The molecule has 4 heteroatoms. The molecule has 2 N–H and O–H groups in total. The maximum Gasteiger partial charge on any atom is 0.278 e. The van der Waals surface area contributed by atoms with Crippen LogP contribution in [0.25, 0.3) is 0 Å². The number of amides is 1. The van der Waals surface area contributed by atoms with Crippen LogP contribution in [-0.2, 0) is 4.79 Å². The Kier molecular flexibility index (Phi) is 6.88. The van der Waals surface area contributed by atoms with E-state index in [0.29, 0.717) is 12.5 Å².